The molecule has 0 fully saturated rings. The average Bonchev–Trinajstić information content (AvgIpc) is 3.01. The van der Waals surface area contributed by atoms with Gasteiger partial charge in [0.05, 0.1) is 24.2 Å². The maximum atomic E-state index is 12.4. The third kappa shape index (κ3) is 4.77. The molecule has 0 spiro atoms. The number of benzene rings is 1. The number of anilines is 1. The fraction of sp³-hybridized carbons (Fsp3) is 0.250. The number of thiophene rings is 1. The minimum atomic E-state index is -0.588. The Hall–Kier alpha value is -3.13. The molecule has 2 rings (SSSR count). The van der Waals surface area contributed by atoms with Crippen molar-refractivity contribution in [3.05, 3.63) is 51.9 Å². The van der Waals surface area contributed by atoms with Gasteiger partial charge in [0.2, 0.25) is 5.91 Å². The van der Waals surface area contributed by atoms with E-state index in [4.69, 9.17) is 9.47 Å². The number of esters is 1. The molecule has 0 bridgehead atoms. The normalized spacial score (nSPS) is 10.6. The van der Waals surface area contributed by atoms with Crippen LogP contribution in [0.15, 0.2) is 30.3 Å². The van der Waals surface area contributed by atoms with E-state index in [-0.39, 0.29) is 23.1 Å². The zero-order chi connectivity index (χ0) is 20.7. The number of nitrogens with one attached hydrogen (secondary N) is 2. The van der Waals surface area contributed by atoms with Crippen LogP contribution in [0, 0.1) is 6.92 Å². The molecule has 1 heterocycles. The molecule has 0 radical (unpaired) electrons. The maximum Gasteiger partial charge on any atom is 0.341 e. The van der Waals surface area contributed by atoms with Gasteiger partial charge in [-0.05, 0) is 31.6 Å². The fourth-order valence-electron chi connectivity index (χ4n) is 2.50. The molecule has 7 nitrogen and oxygen atoms in total. The quantitative estimate of drug-likeness (QED) is 0.548. The highest BCUT2D eigenvalue weighted by Crippen LogP contribution is 2.34. The van der Waals surface area contributed by atoms with Crippen molar-refractivity contribution in [2.75, 3.05) is 26.1 Å². The fourth-order valence-corrected chi connectivity index (χ4v) is 3.65. The van der Waals surface area contributed by atoms with Gasteiger partial charge in [-0.2, -0.15) is 0 Å². The van der Waals surface area contributed by atoms with Gasteiger partial charge in [-0.3, -0.25) is 9.59 Å². The lowest BCUT2D eigenvalue weighted by atomic mass is 10.1. The number of ether oxygens (including phenoxy) is 2. The molecule has 0 unspecified atom stereocenters. The summed E-state index contributed by atoms with van der Waals surface area (Å²) in [5.41, 5.74) is 1.38. The molecule has 0 aliphatic rings. The summed E-state index contributed by atoms with van der Waals surface area (Å²) in [4.78, 5) is 37.1. The van der Waals surface area contributed by atoms with E-state index in [9.17, 15) is 14.4 Å². The Morgan fingerprint density at radius 1 is 1.21 bits per heavy atom. The van der Waals surface area contributed by atoms with E-state index in [0.717, 1.165) is 16.9 Å². The summed E-state index contributed by atoms with van der Waals surface area (Å²) in [6, 6.07) is 7.26. The number of methoxy groups -OCH3 is 1. The predicted octanol–water partition coefficient (Wildman–Crippen LogP) is 3.25. The molecule has 8 heteroatoms. The van der Waals surface area contributed by atoms with Crippen molar-refractivity contribution in [1.29, 1.82) is 0 Å². The standard InChI is InChI=1S/C20H22N2O5S/c1-5-27-20(25)16-12(2)17(18(24)21-3)28-19(16)22-15(23)11-10-13-8-6-7-9-14(13)26-4/h6-11H,5H2,1-4H3,(H,21,24)(H,22,23)/b11-10+. The largest absolute Gasteiger partial charge is 0.496 e. The Labute approximate surface area is 167 Å². The maximum absolute atomic E-state index is 12.4. The van der Waals surface area contributed by atoms with Crippen LogP contribution in [-0.2, 0) is 9.53 Å². The van der Waals surface area contributed by atoms with E-state index in [1.165, 1.54) is 13.1 Å². The Balaban J connectivity index is 2.31. The summed E-state index contributed by atoms with van der Waals surface area (Å²) in [7, 11) is 3.05. The number of hydrogen-bond acceptors (Lipinski definition) is 6. The van der Waals surface area contributed by atoms with E-state index in [2.05, 4.69) is 10.6 Å². The van der Waals surface area contributed by atoms with Gasteiger partial charge in [0.15, 0.2) is 0 Å². The molecule has 1 aromatic carbocycles. The number of hydrogen-bond donors (Lipinski definition) is 2. The molecule has 2 N–H and O–H groups in total. The minimum absolute atomic E-state index is 0.185. The first-order valence-electron chi connectivity index (χ1n) is 8.57. The molecule has 2 amide bonds. The minimum Gasteiger partial charge on any atom is -0.496 e. The van der Waals surface area contributed by atoms with Crippen molar-refractivity contribution in [2.45, 2.75) is 13.8 Å². The Kier molecular flexibility index (Phi) is 7.34. The smallest absolute Gasteiger partial charge is 0.341 e. The van der Waals surface area contributed by atoms with Crippen LogP contribution < -0.4 is 15.4 Å². The second-order valence-electron chi connectivity index (χ2n) is 5.62. The third-order valence-electron chi connectivity index (χ3n) is 3.85. The van der Waals surface area contributed by atoms with Gasteiger partial charge in [-0.1, -0.05) is 18.2 Å². The van der Waals surface area contributed by atoms with Crippen molar-refractivity contribution in [1.82, 2.24) is 5.32 Å². The number of carbonyl (C=O) groups is 3. The van der Waals surface area contributed by atoms with Gasteiger partial charge in [-0.15, -0.1) is 11.3 Å². The van der Waals surface area contributed by atoms with Gasteiger partial charge >= 0.3 is 5.97 Å². The lowest BCUT2D eigenvalue weighted by Crippen LogP contribution is -2.17. The Morgan fingerprint density at radius 2 is 1.93 bits per heavy atom. The first-order valence-corrected chi connectivity index (χ1v) is 9.39. The number of amides is 2. The summed E-state index contributed by atoms with van der Waals surface area (Å²) in [5, 5.41) is 5.46. The summed E-state index contributed by atoms with van der Waals surface area (Å²) >= 11 is 1.03. The molecule has 148 valence electrons. The zero-order valence-electron chi connectivity index (χ0n) is 16.1. The topological polar surface area (TPSA) is 93.7 Å². The molecule has 0 saturated heterocycles. The van der Waals surface area contributed by atoms with Crippen LogP contribution in [0.1, 0.15) is 38.1 Å². The van der Waals surface area contributed by atoms with E-state index in [0.29, 0.717) is 16.2 Å². The summed E-state index contributed by atoms with van der Waals surface area (Å²) in [6.07, 6.45) is 2.94. The van der Waals surface area contributed by atoms with Crippen LogP contribution in [0.4, 0.5) is 5.00 Å². The average molecular weight is 402 g/mol. The highest BCUT2D eigenvalue weighted by atomic mass is 32.1. The van der Waals surface area contributed by atoms with Crippen LogP contribution in [0.3, 0.4) is 0 Å². The van der Waals surface area contributed by atoms with Gasteiger partial charge in [0.1, 0.15) is 10.8 Å². The summed E-state index contributed by atoms with van der Waals surface area (Å²) in [5.74, 6) is -0.734. The van der Waals surface area contributed by atoms with E-state index < -0.39 is 11.9 Å². The van der Waals surface area contributed by atoms with Gasteiger partial charge in [0, 0.05) is 18.7 Å². The van der Waals surface area contributed by atoms with Gasteiger partial charge in [-0.25, -0.2) is 4.79 Å². The number of carbonyl (C=O) groups excluding carboxylic acids is 3. The predicted molar refractivity (Wildman–Crippen MR) is 109 cm³/mol. The van der Waals surface area contributed by atoms with Crippen LogP contribution in [-0.4, -0.2) is 38.5 Å². The molecule has 1 aromatic heterocycles. The van der Waals surface area contributed by atoms with Crippen LogP contribution in [0.25, 0.3) is 6.08 Å². The van der Waals surface area contributed by atoms with Crippen molar-refractivity contribution in [3.63, 3.8) is 0 Å². The lowest BCUT2D eigenvalue weighted by Gasteiger charge is -2.06. The van der Waals surface area contributed by atoms with Crippen LogP contribution in [0.5, 0.6) is 5.75 Å². The molecule has 0 aliphatic carbocycles. The van der Waals surface area contributed by atoms with E-state index in [1.807, 2.05) is 18.2 Å². The molecule has 2 aromatic rings. The second kappa shape index (κ2) is 9.70. The first kappa shape index (κ1) is 21.2. The number of para-hydroxylation sites is 1. The van der Waals surface area contributed by atoms with Gasteiger partial charge in [0.25, 0.3) is 5.91 Å². The molecule has 0 atom stereocenters. The lowest BCUT2D eigenvalue weighted by molar-refractivity contribution is -0.111. The Bertz CT molecular complexity index is 917. The number of rotatable bonds is 7. The third-order valence-corrected chi connectivity index (χ3v) is 5.06. The summed E-state index contributed by atoms with van der Waals surface area (Å²) in [6.45, 7) is 3.52. The molecule has 0 aliphatic heterocycles. The van der Waals surface area contributed by atoms with Crippen molar-refractivity contribution >= 4 is 40.2 Å². The zero-order valence-corrected chi connectivity index (χ0v) is 16.9. The van der Waals surface area contributed by atoms with Crippen LogP contribution in [0.2, 0.25) is 0 Å². The van der Waals surface area contributed by atoms with Gasteiger partial charge < -0.3 is 20.1 Å². The molecule has 28 heavy (non-hydrogen) atoms. The van der Waals surface area contributed by atoms with Crippen molar-refractivity contribution in [2.24, 2.45) is 0 Å². The van der Waals surface area contributed by atoms with Crippen LogP contribution >= 0.6 is 11.3 Å². The SMILES string of the molecule is CCOC(=O)c1c(NC(=O)/C=C/c2ccccc2OC)sc(C(=O)NC)c1C. The molecular formula is C20H22N2O5S. The van der Waals surface area contributed by atoms with E-state index >= 15 is 0 Å². The highest BCUT2D eigenvalue weighted by Gasteiger charge is 2.25. The van der Waals surface area contributed by atoms with Crippen molar-refractivity contribution in [3.8, 4) is 5.75 Å². The van der Waals surface area contributed by atoms with Crippen molar-refractivity contribution < 1.29 is 23.9 Å². The monoisotopic (exact) mass is 402 g/mol. The first-order chi connectivity index (χ1) is 13.4. The summed E-state index contributed by atoms with van der Waals surface area (Å²) < 4.78 is 10.3. The second-order valence-corrected chi connectivity index (χ2v) is 6.65. The Morgan fingerprint density at radius 3 is 2.57 bits per heavy atom. The molecule has 0 saturated carbocycles. The molecular weight excluding hydrogens is 380 g/mol. The van der Waals surface area contributed by atoms with E-state index in [1.54, 1.807) is 33.1 Å². The highest BCUT2D eigenvalue weighted by molar-refractivity contribution is 7.18.